The van der Waals surface area contributed by atoms with Crippen molar-refractivity contribution in [3.8, 4) is 27.8 Å². The predicted octanol–water partition coefficient (Wildman–Crippen LogP) is 5.11. The number of nitrogens with zero attached hydrogens (tertiary/aromatic N) is 2. The highest BCUT2D eigenvalue weighted by Gasteiger charge is 2.21. The van der Waals surface area contributed by atoms with Crippen molar-refractivity contribution >= 4 is 17.2 Å². The first-order valence-electron chi connectivity index (χ1n) is 9.82. The first-order valence-corrected chi connectivity index (χ1v) is 10.7. The first-order chi connectivity index (χ1) is 15.1. The Morgan fingerprint density at radius 3 is 2.48 bits per heavy atom. The van der Waals surface area contributed by atoms with Crippen LogP contribution < -0.4 is 14.8 Å². The van der Waals surface area contributed by atoms with Crippen molar-refractivity contribution in [2.24, 2.45) is 0 Å². The number of nitrogens with one attached hydrogen (secondary N) is 1. The van der Waals surface area contributed by atoms with Crippen LogP contribution in [0, 0.1) is 0 Å². The van der Waals surface area contributed by atoms with Gasteiger partial charge >= 0.3 is 0 Å². The molecule has 1 unspecified atom stereocenters. The van der Waals surface area contributed by atoms with Crippen LogP contribution in [0.4, 0.5) is 0 Å². The summed E-state index contributed by atoms with van der Waals surface area (Å²) in [6, 6.07) is 19.1. The minimum atomic E-state index is -0.233. The lowest BCUT2D eigenvalue weighted by Gasteiger charge is -2.16. The number of amides is 1. The number of benzene rings is 2. The Labute approximate surface area is 185 Å². The van der Waals surface area contributed by atoms with E-state index in [0.717, 1.165) is 16.1 Å². The molecule has 0 spiro atoms. The maximum atomic E-state index is 13.3. The SMILES string of the molecule is COc1ccc(C(C)NC(=O)c2cn(-c3ccccc3)nc2-c2cccs2)cc1OC. The molecule has 31 heavy (non-hydrogen) atoms. The topological polar surface area (TPSA) is 65.4 Å². The molecule has 0 radical (unpaired) electrons. The number of hydrogen-bond donors (Lipinski definition) is 1. The Bertz CT molecular complexity index is 1170. The van der Waals surface area contributed by atoms with E-state index in [2.05, 4.69) is 5.32 Å². The zero-order valence-corrected chi connectivity index (χ0v) is 18.3. The minimum Gasteiger partial charge on any atom is -0.493 e. The average molecular weight is 434 g/mol. The molecule has 1 atom stereocenters. The number of carbonyl (C=O) groups excluding carboxylic acids is 1. The van der Waals surface area contributed by atoms with Gasteiger partial charge in [0.25, 0.3) is 5.91 Å². The molecule has 0 fully saturated rings. The second kappa shape index (κ2) is 9.06. The lowest BCUT2D eigenvalue weighted by Crippen LogP contribution is -2.26. The molecule has 2 heterocycles. The highest BCUT2D eigenvalue weighted by atomic mass is 32.1. The molecule has 158 valence electrons. The maximum Gasteiger partial charge on any atom is 0.255 e. The number of aromatic nitrogens is 2. The van der Waals surface area contributed by atoms with Gasteiger partial charge in [-0.25, -0.2) is 4.68 Å². The second-order valence-electron chi connectivity index (χ2n) is 6.96. The van der Waals surface area contributed by atoms with Gasteiger partial charge in [0.2, 0.25) is 0 Å². The van der Waals surface area contributed by atoms with Crippen molar-refractivity contribution in [1.82, 2.24) is 15.1 Å². The summed E-state index contributed by atoms with van der Waals surface area (Å²) in [5.74, 6) is 1.08. The molecule has 0 aliphatic rings. The Morgan fingerprint density at radius 1 is 1.03 bits per heavy atom. The number of para-hydroxylation sites is 1. The summed E-state index contributed by atoms with van der Waals surface area (Å²) >= 11 is 1.55. The lowest BCUT2D eigenvalue weighted by molar-refractivity contribution is 0.0940. The van der Waals surface area contributed by atoms with E-state index in [4.69, 9.17) is 14.6 Å². The van der Waals surface area contributed by atoms with Crippen LogP contribution in [0.3, 0.4) is 0 Å². The van der Waals surface area contributed by atoms with Gasteiger partial charge < -0.3 is 14.8 Å². The second-order valence-corrected chi connectivity index (χ2v) is 7.91. The van der Waals surface area contributed by atoms with Gasteiger partial charge in [-0.2, -0.15) is 5.10 Å². The lowest BCUT2D eigenvalue weighted by atomic mass is 10.1. The first kappa shape index (κ1) is 20.7. The fourth-order valence-corrected chi connectivity index (χ4v) is 4.05. The molecular formula is C24H23N3O3S. The molecule has 4 rings (SSSR count). The summed E-state index contributed by atoms with van der Waals surface area (Å²) in [7, 11) is 3.19. The summed E-state index contributed by atoms with van der Waals surface area (Å²) in [5, 5.41) is 9.77. The van der Waals surface area contributed by atoms with Crippen molar-refractivity contribution in [1.29, 1.82) is 0 Å². The van der Waals surface area contributed by atoms with Crippen molar-refractivity contribution in [3.05, 3.63) is 83.4 Å². The summed E-state index contributed by atoms with van der Waals surface area (Å²) < 4.78 is 12.4. The fraction of sp³-hybridized carbons (Fsp3) is 0.167. The summed E-state index contributed by atoms with van der Waals surface area (Å²) in [4.78, 5) is 14.2. The number of thiophene rings is 1. The van der Waals surface area contributed by atoms with E-state index in [9.17, 15) is 4.79 Å². The van der Waals surface area contributed by atoms with Gasteiger partial charge in [0.05, 0.1) is 36.4 Å². The Kier molecular flexibility index (Phi) is 6.04. The zero-order valence-electron chi connectivity index (χ0n) is 17.5. The molecule has 0 bridgehead atoms. The highest BCUT2D eigenvalue weighted by Crippen LogP contribution is 2.31. The van der Waals surface area contributed by atoms with Gasteiger partial charge in [0, 0.05) is 6.20 Å². The molecule has 0 saturated heterocycles. The molecule has 6 nitrogen and oxygen atoms in total. The van der Waals surface area contributed by atoms with Crippen LogP contribution in [0.25, 0.3) is 16.3 Å². The smallest absolute Gasteiger partial charge is 0.255 e. The Balaban J connectivity index is 1.64. The molecule has 7 heteroatoms. The van der Waals surface area contributed by atoms with Crippen LogP contribution in [-0.4, -0.2) is 29.9 Å². The van der Waals surface area contributed by atoms with Crippen molar-refractivity contribution in [2.45, 2.75) is 13.0 Å². The number of methoxy groups -OCH3 is 2. The van der Waals surface area contributed by atoms with Crippen molar-refractivity contribution < 1.29 is 14.3 Å². The summed E-state index contributed by atoms with van der Waals surface area (Å²) in [6.07, 6.45) is 1.78. The summed E-state index contributed by atoms with van der Waals surface area (Å²) in [6.45, 7) is 1.94. The van der Waals surface area contributed by atoms with E-state index in [1.54, 1.807) is 36.4 Å². The molecule has 1 N–H and O–H groups in total. The van der Waals surface area contributed by atoms with E-state index >= 15 is 0 Å². The fourth-order valence-electron chi connectivity index (χ4n) is 3.33. The Morgan fingerprint density at radius 2 is 1.81 bits per heavy atom. The third-order valence-corrected chi connectivity index (χ3v) is 5.87. The van der Waals surface area contributed by atoms with Crippen LogP contribution in [0.2, 0.25) is 0 Å². The van der Waals surface area contributed by atoms with Gasteiger partial charge in [0.15, 0.2) is 11.5 Å². The maximum absolute atomic E-state index is 13.3. The van der Waals surface area contributed by atoms with E-state index < -0.39 is 0 Å². The normalized spacial score (nSPS) is 11.7. The number of rotatable bonds is 7. The van der Waals surface area contributed by atoms with Gasteiger partial charge in [-0.05, 0) is 48.2 Å². The van der Waals surface area contributed by atoms with Gasteiger partial charge in [-0.15, -0.1) is 11.3 Å². The summed E-state index contributed by atoms with van der Waals surface area (Å²) in [5.41, 5.74) is 3.00. The van der Waals surface area contributed by atoms with E-state index in [-0.39, 0.29) is 11.9 Å². The molecule has 0 aliphatic heterocycles. The van der Waals surface area contributed by atoms with Crippen LogP contribution in [0.15, 0.2) is 72.2 Å². The largest absolute Gasteiger partial charge is 0.493 e. The molecular weight excluding hydrogens is 410 g/mol. The number of hydrogen-bond acceptors (Lipinski definition) is 5. The third kappa shape index (κ3) is 4.32. The van der Waals surface area contributed by atoms with Gasteiger partial charge in [0.1, 0.15) is 5.69 Å². The van der Waals surface area contributed by atoms with E-state index in [1.807, 2.05) is 73.0 Å². The molecule has 1 amide bonds. The molecule has 2 aromatic heterocycles. The predicted molar refractivity (Wildman–Crippen MR) is 122 cm³/mol. The number of carbonyl (C=O) groups is 1. The standard InChI is InChI=1S/C24H23N3O3S/c1-16(17-11-12-20(29-2)21(14-17)30-3)25-24(28)19-15-27(18-8-5-4-6-9-18)26-23(19)22-10-7-13-31-22/h4-16H,1-3H3,(H,25,28). The van der Waals surface area contributed by atoms with Crippen LogP contribution in [0.1, 0.15) is 28.9 Å². The third-order valence-electron chi connectivity index (χ3n) is 4.99. The van der Waals surface area contributed by atoms with Crippen LogP contribution >= 0.6 is 11.3 Å². The minimum absolute atomic E-state index is 0.187. The van der Waals surface area contributed by atoms with E-state index in [0.29, 0.717) is 22.8 Å². The van der Waals surface area contributed by atoms with Crippen LogP contribution in [-0.2, 0) is 0 Å². The highest BCUT2D eigenvalue weighted by molar-refractivity contribution is 7.13. The Hall–Kier alpha value is -3.58. The van der Waals surface area contributed by atoms with E-state index in [1.165, 1.54) is 0 Å². The molecule has 0 aliphatic carbocycles. The van der Waals surface area contributed by atoms with Gasteiger partial charge in [-0.3, -0.25) is 4.79 Å². The monoisotopic (exact) mass is 433 g/mol. The zero-order chi connectivity index (χ0) is 21.8. The van der Waals surface area contributed by atoms with Crippen molar-refractivity contribution in [3.63, 3.8) is 0 Å². The van der Waals surface area contributed by atoms with Crippen LogP contribution in [0.5, 0.6) is 11.5 Å². The number of ether oxygens (including phenoxy) is 2. The average Bonchev–Trinajstić information content (AvgIpc) is 3.49. The van der Waals surface area contributed by atoms with Gasteiger partial charge in [-0.1, -0.05) is 30.3 Å². The molecule has 4 aromatic rings. The van der Waals surface area contributed by atoms with Crippen molar-refractivity contribution in [2.75, 3.05) is 14.2 Å². The molecule has 2 aromatic carbocycles. The molecule has 0 saturated carbocycles. The quantitative estimate of drug-likeness (QED) is 0.440.